The van der Waals surface area contributed by atoms with Crippen LogP contribution in [-0.4, -0.2) is 23.7 Å². The number of fused-ring (bicyclic) bond motifs is 15. The Hall–Kier alpha value is -9.72. The zero-order valence-electron chi connectivity index (χ0n) is 37.9. The van der Waals surface area contributed by atoms with E-state index < -0.39 is 0 Å². The van der Waals surface area contributed by atoms with Crippen molar-refractivity contribution in [1.29, 1.82) is 0 Å². The molecule has 0 bridgehead atoms. The second-order valence-corrected chi connectivity index (χ2v) is 18.5. The Morgan fingerprint density at radius 3 is 0.930 bits per heavy atom. The number of rotatable bonds is 5. The minimum absolute atomic E-state index is 0.616. The molecule has 0 saturated carbocycles. The Balaban J connectivity index is 1.21. The van der Waals surface area contributed by atoms with Crippen LogP contribution in [0.3, 0.4) is 0 Å². The predicted molar refractivity (Wildman–Crippen MR) is 290 cm³/mol. The molecule has 0 unspecified atom stereocenters. The second kappa shape index (κ2) is 14.4. The highest BCUT2D eigenvalue weighted by atomic mass is 16.3. The molecule has 0 radical (unpaired) electrons. The quantitative estimate of drug-likeness (QED) is 0.173. The van der Waals surface area contributed by atoms with Crippen LogP contribution in [0, 0.1) is 0 Å². The van der Waals surface area contributed by atoms with E-state index in [1.54, 1.807) is 12.4 Å². The normalized spacial score (nSPS) is 12.2. The Morgan fingerprint density at radius 2 is 0.577 bits per heavy atom. The van der Waals surface area contributed by atoms with Crippen LogP contribution in [0.1, 0.15) is 0 Å². The Labute approximate surface area is 404 Å². The van der Waals surface area contributed by atoms with E-state index in [0.29, 0.717) is 11.4 Å². The fourth-order valence-electron chi connectivity index (χ4n) is 11.8. The summed E-state index contributed by atoms with van der Waals surface area (Å²) in [5.74, 6) is 0. The van der Waals surface area contributed by atoms with Gasteiger partial charge in [-0.2, -0.15) is 0 Å². The SMILES string of the molecule is c1cnc2oc3ccc(-c4cc(-c5ccc6oc7ncccc7c6c5)c(-n5c6ccccc6c6ccccc65)c(-n5c6ccccc6c6ccccc65)c4-n4c5ccccc5c5ccccc54)cc3c2c1. The molecule has 0 amide bonds. The maximum absolute atomic E-state index is 6.41. The molecule has 0 atom stereocenters. The summed E-state index contributed by atoms with van der Waals surface area (Å²) in [4.78, 5) is 9.30. The molecule has 7 heteroatoms. The number of benzene rings is 9. The third kappa shape index (κ3) is 5.31. The molecule has 7 nitrogen and oxygen atoms in total. The lowest BCUT2D eigenvalue weighted by Gasteiger charge is -2.27. The fourth-order valence-corrected chi connectivity index (χ4v) is 11.8. The van der Waals surface area contributed by atoms with E-state index in [4.69, 9.17) is 8.83 Å². The van der Waals surface area contributed by atoms with Crippen LogP contribution in [0.5, 0.6) is 0 Å². The van der Waals surface area contributed by atoms with Crippen molar-refractivity contribution in [1.82, 2.24) is 23.7 Å². The van der Waals surface area contributed by atoms with E-state index >= 15 is 0 Å². The van der Waals surface area contributed by atoms with Gasteiger partial charge in [0.1, 0.15) is 11.2 Å². The highest BCUT2D eigenvalue weighted by Gasteiger charge is 2.31. The monoisotopic (exact) mass is 907 g/mol. The van der Waals surface area contributed by atoms with Crippen LogP contribution in [0.4, 0.5) is 0 Å². The van der Waals surface area contributed by atoms with E-state index in [9.17, 15) is 0 Å². The zero-order chi connectivity index (χ0) is 46.3. The van der Waals surface area contributed by atoms with Gasteiger partial charge in [0.2, 0.25) is 11.4 Å². The number of nitrogens with zero attached hydrogens (tertiary/aromatic N) is 5. The number of furan rings is 2. The Kier molecular flexibility index (Phi) is 7.76. The molecule has 16 aromatic rings. The summed E-state index contributed by atoms with van der Waals surface area (Å²) in [7, 11) is 0. The lowest BCUT2D eigenvalue weighted by atomic mass is 9.91. The van der Waals surface area contributed by atoms with Crippen molar-refractivity contribution < 1.29 is 8.83 Å². The molecule has 16 rings (SSSR count). The number of hydrogen-bond donors (Lipinski definition) is 0. The zero-order valence-corrected chi connectivity index (χ0v) is 37.9. The molecule has 0 spiro atoms. The molecule has 0 aliphatic rings. The maximum atomic E-state index is 6.41. The van der Waals surface area contributed by atoms with E-state index in [1.807, 2.05) is 12.1 Å². The lowest BCUT2D eigenvalue weighted by Crippen LogP contribution is -2.12. The number of para-hydroxylation sites is 6. The van der Waals surface area contributed by atoms with Gasteiger partial charge >= 0.3 is 0 Å². The van der Waals surface area contributed by atoms with Crippen molar-refractivity contribution in [3.05, 3.63) is 225 Å². The molecule has 0 N–H and O–H groups in total. The van der Waals surface area contributed by atoms with Gasteiger partial charge in [0, 0.05) is 77.4 Å². The summed E-state index contributed by atoms with van der Waals surface area (Å²) in [5, 5.41) is 11.0. The number of aromatic nitrogens is 5. The molecule has 0 aliphatic carbocycles. The first-order chi connectivity index (χ1) is 35.2. The molecule has 0 saturated heterocycles. The van der Waals surface area contributed by atoms with Gasteiger partial charge in [0.25, 0.3) is 0 Å². The minimum atomic E-state index is 0.616. The molecule has 71 heavy (non-hydrogen) atoms. The van der Waals surface area contributed by atoms with Gasteiger partial charge in [0.15, 0.2) is 0 Å². The molecule has 330 valence electrons. The van der Waals surface area contributed by atoms with Gasteiger partial charge in [-0.3, -0.25) is 0 Å². The second-order valence-electron chi connectivity index (χ2n) is 18.5. The molecule has 7 heterocycles. The molecule has 0 fully saturated rings. The van der Waals surface area contributed by atoms with Crippen molar-refractivity contribution in [3.8, 4) is 39.3 Å². The van der Waals surface area contributed by atoms with E-state index in [1.165, 1.54) is 32.3 Å². The summed E-state index contributed by atoms with van der Waals surface area (Å²) >= 11 is 0. The largest absolute Gasteiger partial charge is 0.438 e. The fraction of sp³-hybridized carbons (Fsp3) is 0. The average Bonchev–Trinajstić information content (AvgIpc) is 4.24. The van der Waals surface area contributed by atoms with Crippen molar-refractivity contribution in [3.63, 3.8) is 0 Å². The summed E-state index contributed by atoms with van der Waals surface area (Å²) in [6, 6.07) is 77.0. The van der Waals surface area contributed by atoms with Gasteiger partial charge < -0.3 is 22.5 Å². The standard InChI is InChI=1S/C64H37N5O2/c1-7-23-52-40(15-1)41-16-2-8-24-53(41)67(52)60-48(38-29-31-58-50(35-38)46-21-13-33-65-63(46)70-58)37-49(39-30-32-59-51(36-39)47-22-14-34-66-64(47)71-59)61(68-54-25-9-3-17-42(54)43-18-4-10-26-55(43)68)62(60)69-56-27-11-5-19-44(56)45-20-6-12-28-57(45)69/h1-37H. The van der Waals surface area contributed by atoms with Crippen LogP contribution in [-0.2, 0) is 0 Å². The summed E-state index contributed by atoms with van der Waals surface area (Å²) in [5.41, 5.74) is 16.7. The van der Waals surface area contributed by atoms with Crippen LogP contribution in [0.25, 0.3) is 149 Å². The first-order valence-corrected chi connectivity index (χ1v) is 24.0. The minimum Gasteiger partial charge on any atom is -0.438 e. The van der Waals surface area contributed by atoms with E-state index in [2.05, 4.69) is 224 Å². The number of pyridine rings is 2. The van der Waals surface area contributed by atoms with Crippen LogP contribution < -0.4 is 0 Å². The van der Waals surface area contributed by atoms with Crippen molar-refractivity contribution in [2.24, 2.45) is 0 Å². The Bertz CT molecular complexity index is 4500. The maximum Gasteiger partial charge on any atom is 0.227 e. The third-order valence-corrected chi connectivity index (χ3v) is 14.8. The third-order valence-electron chi connectivity index (χ3n) is 14.8. The van der Waals surface area contributed by atoms with Gasteiger partial charge in [-0.15, -0.1) is 0 Å². The van der Waals surface area contributed by atoms with Crippen LogP contribution >= 0.6 is 0 Å². The molecule has 0 aliphatic heterocycles. The van der Waals surface area contributed by atoms with E-state index in [-0.39, 0.29) is 0 Å². The summed E-state index contributed by atoms with van der Waals surface area (Å²) in [6.45, 7) is 0. The molecular weight excluding hydrogens is 871 g/mol. The van der Waals surface area contributed by atoms with Crippen molar-refractivity contribution >= 4 is 110 Å². The van der Waals surface area contributed by atoms with Gasteiger partial charge in [-0.1, -0.05) is 121 Å². The molecule has 7 aromatic heterocycles. The summed E-state index contributed by atoms with van der Waals surface area (Å²) < 4.78 is 20.4. The first-order valence-electron chi connectivity index (χ1n) is 24.0. The van der Waals surface area contributed by atoms with Gasteiger partial charge in [-0.05, 0) is 102 Å². The van der Waals surface area contributed by atoms with Gasteiger partial charge in [-0.25, -0.2) is 9.97 Å². The highest BCUT2D eigenvalue weighted by molar-refractivity contribution is 6.16. The van der Waals surface area contributed by atoms with Crippen LogP contribution in [0.2, 0.25) is 0 Å². The first kappa shape index (κ1) is 38.3. The lowest BCUT2D eigenvalue weighted by molar-refractivity contribution is 0.653. The Morgan fingerprint density at radius 1 is 0.268 bits per heavy atom. The highest BCUT2D eigenvalue weighted by Crippen LogP contribution is 2.51. The van der Waals surface area contributed by atoms with E-state index in [0.717, 1.165) is 105 Å². The van der Waals surface area contributed by atoms with Crippen LogP contribution in [0.15, 0.2) is 234 Å². The van der Waals surface area contributed by atoms with Gasteiger partial charge in [0.05, 0.1) is 50.2 Å². The van der Waals surface area contributed by atoms with Crippen molar-refractivity contribution in [2.45, 2.75) is 0 Å². The topological polar surface area (TPSA) is 66.8 Å². The number of hydrogen-bond acceptors (Lipinski definition) is 4. The smallest absolute Gasteiger partial charge is 0.227 e. The predicted octanol–water partition coefficient (Wildman–Crippen LogP) is 16.9. The molecular formula is C64H37N5O2. The van der Waals surface area contributed by atoms with Crippen molar-refractivity contribution in [2.75, 3.05) is 0 Å². The average molecular weight is 908 g/mol. The molecule has 9 aromatic carbocycles. The summed E-state index contributed by atoms with van der Waals surface area (Å²) in [6.07, 6.45) is 3.58.